The Kier molecular flexibility index (Phi) is 2.53. The van der Waals surface area contributed by atoms with E-state index in [1.807, 2.05) is 25.6 Å². The Morgan fingerprint density at radius 3 is 2.79 bits per heavy atom. The van der Waals surface area contributed by atoms with E-state index in [4.69, 9.17) is 0 Å². The maximum atomic E-state index is 11.5. The Bertz CT molecular complexity index is 410. The molecule has 0 saturated heterocycles. The number of carbonyl (C=O) groups is 1. The SMILES string of the molecule is CC(C)c1ccc2c(c1)B=B[B]C2=O. The van der Waals surface area contributed by atoms with Crippen molar-refractivity contribution in [2.75, 3.05) is 0 Å². The zero-order chi connectivity index (χ0) is 10.1. The predicted molar refractivity (Wildman–Crippen MR) is 61.8 cm³/mol. The van der Waals surface area contributed by atoms with E-state index >= 15 is 0 Å². The molecule has 1 aromatic rings. The molecule has 14 heavy (non-hydrogen) atoms. The molecule has 0 aromatic heterocycles. The van der Waals surface area contributed by atoms with Gasteiger partial charge in [0.15, 0.2) is 0 Å². The second-order valence-electron chi connectivity index (χ2n) is 3.89. The Balaban J connectivity index is 2.51. The zero-order valence-electron chi connectivity index (χ0n) is 8.45. The first-order chi connectivity index (χ1) is 6.68. The van der Waals surface area contributed by atoms with Crippen molar-refractivity contribution in [1.29, 1.82) is 0 Å². The first-order valence-electron chi connectivity index (χ1n) is 4.88. The number of hydrogen-bond acceptors (Lipinski definition) is 1. The van der Waals surface area contributed by atoms with E-state index < -0.39 is 0 Å². The molecule has 0 amide bonds. The summed E-state index contributed by atoms with van der Waals surface area (Å²) in [6, 6.07) is 6.06. The minimum atomic E-state index is 0.109. The number of rotatable bonds is 1. The summed E-state index contributed by atoms with van der Waals surface area (Å²) >= 11 is 0. The molecule has 0 bridgehead atoms. The van der Waals surface area contributed by atoms with Crippen molar-refractivity contribution in [3.63, 3.8) is 0 Å². The summed E-state index contributed by atoms with van der Waals surface area (Å²) < 4.78 is 0. The molecular formula is C10H10B3O. The van der Waals surface area contributed by atoms with Gasteiger partial charge < -0.3 is 0 Å². The van der Waals surface area contributed by atoms with Gasteiger partial charge in [-0.05, 0) is 0 Å². The fourth-order valence-corrected chi connectivity index (χ4v) is 1.63. The van der Waals surface area contributed by atoms with Gasteiger partial charge >= 0.3 is 85.7 Å². The first kappa shape index (κ1) is 9.63. The van der Waals surface area contributed by atoms with Gasteiger partial charge in [-0.3, -0.25) is 0 Å². The van der Waals surface area contributed by atoms with Crippen molar-refractivity contribution >= 4 is 31.8 Å². The van der Waals surface area contributed by atoms with E-state index in [0.717, 1.165) is 11.0 Å². The molecule has 1 aromatic carbocycles. The number of benzene rings is 1. The van der Waals surface area contributed by atoms with Crippen LogP contribution in [0.1, 0.15) is 35.7 Å². The van der Waals surface area contributed by atoms with Gasteiger partial charge in [0.05, 0.1) is 0 Å². The molecule has 0 saturated carbocycles. The summed E-state index contributed by atoms with van der Waals surface area (Å²) in [5, 5.41) is 0. The molecule has 1 aliphatic heterocycles. The fraction of sp³-hybridized carbons (Fsp3) is 0.300. The van der Waals surface area contributed by atoms with Crippen LogP contribution in [0.25, 0.3) is 0 Å². The summed E-state index contributed by atoms with van der Waals surface area (Å²) in [6.07, 6.45) is 0. The molecular weight excluding hydrogens is 169 g/mol. The number of hydrogen-bond donors (Lipinski definition) is 0. The van der Waals surface area contributed by atoms with Crippen molar-refractivity contribution in [2.24, 2.45) is 0 Å². The van der Waals surface area contributed by atoms with Gasteiger partial charge in [0.1, 0.15) is 0 Å². The average molecular weight is 179 g/mol. The summed E-state index contributed by atoms with van der Waals surface area (Å²) in [7, 11) is 1.61. The van der Waals surface area contributed by atoms with Crippen LogP contribution in [0, 0.1) is 0 Å². The summed E-state index contributed by atoms with van der Waals surface area (Å²) in [5.41, 5.74) is 3.25. The number of carbonyl (C=O) groups excluding carboxylic acids is 1. The molecule has 1 nitrogen and oxygen atoms in total. The Hall–Kier alpha value is -0.915. The van der Waals surface area contributed by atoms with Gasteiger partial charge in [0.2, 0.25) is 0 Å². The molecule has 0 aliphatic carbocycles. The van der Waals surface area contributed by atoms with Gasteiger partial charge in [0, 0.05) is 0 Å². The fourth-order valence-electron chi connectivity index (χ4n) is 1.63. The van der Waals surface area contributed by atoms with E-state index in [1.54, 1.807) is 7.17 Å². The summed E-state index contributed by atoms with van der Waals surface area (Å²) in [5.74, 6) is 0.509. The zero-order valence-corrected chi connectivity index (χ0v) is 8.45. The van der Waals surface area contributed by atoms with Crippen LogP contribution in [0.5, 0.6) is 0 Å². The van der Waals surface area contributed by atoms with Crippen LogP contribution in [-0.4, -0.2) is 26.3 Å². The molecule has 0 atom stereocenters. The third kappa shape index (κ3) is 1.66. The quantitative estimate of drug-likeness (QED) is 0.574. The number of fused-ring (bicyclic) bond motifs is 1. The van der Waals surface area contributed by atoms with Crippen LogP contribution in [0.4, 0.5) is 0 Å². The Labute approximate surface area is 86.2 Å². The monoisotopic (exact) mass is 179 g/mol. The van der Waals surface area contributed by atoms with E-state index in [2.05, 4.69) is 19.9 Å². The van der Waals surface area contributed by atoms with Crippen molar-refractivity contribution in [1.82, 2.24) is 0 Å². The standard InChI is InChI=1S/C10H10B3O/c1-6(2)7-3-4-8-9(5-7)11-13-12-10(8)14/h3-6H,1-2H3. The van der Waals surface area contributed by atoms with Crippen molar-refractivity contribution in [3.8, 4) is 0 Å². The summed E-state index contributed by atoms with van der Waals surface area (Å²) in [4.78, 5) is 11.5. The van der Waals surface area contributed by atoms with Crippen LogP contribution in [0.3, 0.4) is 0 Å². The third-order valence-electron chi connectivity index (χ3n) is 2.53. The van der Waals surface area contributed by atoms with Crippen LogP contribution in [0.2, 0.25) is 0 Å². The van der Waals surface area contributed by atoms with Crippen LogP contribution < -0.4 is 5.46 Å². The first-order valence-corrected chi connectivity index (χ1v) is 4.88. The third-order valence-corrected chi connectivity index (χ3v) is 2.53. The van der Waals surface area contributed by atoms with E-state index in [-0.39, 0.29) is 5.68 Å². The second-order valence-corrected chi connectivity index (χ2v) is 3.89. The van der Waals surface area contributed by atoms with Gasteiger partial charge in [-0.25, -0.2) is 0 Å². The van der Waals surface area contributed by atoms with Crippen LogP contribution in [0.15, 0.2) is 18.2 Å². The van der Waals surface area contributed by atoms with Gasteiger partial charge in [-0.1, -0.05) is 0 Å². The minimum absolute atomic E-state index is 0.109. The van der Waals surface area contributed by atoms with Gasteiger partial charge in [-0.2, -0.15) is 0 Å². The topological polar surface area (TPSA) is 17.1 Å². The van der Waals surface area contributed by atoms with Crippen molar-refractivity contribution in [2.45, 2.75) is 19.8 Å². The average Bonchev–Trinajstić information content (AvgIpc) is 2.17. The van der Waals surface area contributed by atoms with Crippen LogP contribution >= 0.6 is 0 Å². The molecule has 0 unspecified atom stereocenters. The van der Waals surface area contributed by atoms with E-state index in [9.17, 15) is 4.79 Å². The molecule has 65 valence electrons. The molecule has 0 spiro atoms. The predicted octanol–water partition coefficient (Wildman–Crippen LogP) is 0.532. The molecule has 2 rings (SSSR count). The normalized spacial score (nSPS) is 12.9. The Morgan fingerprint density at radius 2 is 2.07 bits per heavy atom. The van der Waals surface area contributed by atoms with Crippen molar-refractivity contribution < 1.29 is 4.79 Å². The van der Waals surface area contributed by atoms with Gasteiger partial charge in [0.25, 0.3) is 0 Å². The van der Waals surface area contributed by atoms with E-state index in [1.165, 1.54) is 5.56 Å². The maximum absolute atomic E-state index is 11.5. The molecule has 4 heteroatoms. The molecule has 0 N–H and O–H groups in total. The summed E-state index contributed by atoms with van der Waals surface area (Å²) in [6.45, 7) is 8.11. The van der Waals surface area contributed by atoms with Crippen LogP contribution in [-0.2, 0) is 0 Å². The van der Waals surface area contributed by atoms with E-state index in [0.29, 0.717) is 5.92 Å². The Morgan fingerprint density at radius 1 is 1.29 bits per heavy atom. The van der Waals surface area contributed by atoms with Gasteiger partial charge in [-0.15, -0.1) is 0 Å². The second kappa shape index (κ2) is 3.68. The molecule has 1 aliphatic rings. The molecule has 1 radical (unpaired) electrons. The van der Waals surface area contributed by atoms with Crippen molar-refractivity contribution in [3.05, 3.63) is 29.3 Å². The molecule has 0 fully saturated rings. The molecule has 1 heterocycles.